The minimum Gasteiger partial charge on any atom is -0.367 e. The summed E-state index contributed by atoms with van der Waals surface area (Å²) in [5, 5.41) is 13.1. The summed E-state index contributed by atoms with van der Waals surface area (Å²) in [5.74, 6) is 0.649. The van der Waals surface area contributed by atoms with Gasteiger partial charge in [-0.1, -0.05) is 18.1 Å². The second-order valence-electron chi connectivity index (χ2n) is 6.02. The molecule has 0 saturated carbocycles. The summed E-state index contributed by atoms with van der Waals surface area (Å²) in [6.45, 7) is 3.36. The van der Waals surface area contributed by atoms with Crippen molar-refractivity contribution in [2.24, 2.45) is 0 Å². The van der Waals surface area contributed by atoms with E-state index in [9.17, 15) is 4.79 Å². The second-order valence-corrected chi connectivity index (χ2v) is 6.02. The van der Waals surface area contributed by atoms with E-state index in [0.717, 1.165) is 30.5 Å². The van der Waals surface area contributed by atoms with Gasteiger partial charge in [-0.2, -0.15) is 5.26 Å². The van der Waals surface area contributed by atoms with Gasteiger partial charge in [-0.05, 0) is 37.5 Å². The average molecular weight is 324 g/mol. The van der Waals surface area contributed by atoms with E-state index in [1.807, 2.05) is 11.8 Å². The SMILES string of the molecule is CCc1c(C2CCN(C(=O)c3cccc(C#N)c3)CC2)noc1N. The summed E-state index contributed by atoms with van der Waals surface area (Å²) in [7, 11) is 0. The van der Waals surface area contributed by atoms with Crippen LogP contribution in [-0.4, -0.2) is 29.1 Å². The summed E-state index contributed by atoms with van der Waals surface area (Å²) in [6, 6.07) is 8.90. The molecule has 1 aromatic carbocycles. The molecule has 1 fully saturated rings. The van der Waals surface area contributed by atoms with Gasteiger partial charge in [0, 0.05) is 30.1 Å². The van der Waals surface area contributed by atoms with Gasteiger partial charge in [-0.15, -0.1) is 0 Å². The molecule has 3 rings (SSSR count). The van der Waals surface area contributed by atoms with E-state index < -0.39 is 0 Å². The first kappa shape index (κ1) is 16.1. The fourth-order valence-corrected chi connectivity index (χ4v) is 3.27. The number of nitrogens with zero attached hydrogens (tertiary/aromatic N) is 3. The Labute approximate surface area is 140 Å². The van der Waals surface area contributed by atoms with Gasteiger partial charge in [0.1, 0.15) is 0 Å². The van der Waals surface area contributed by atoms with E-state index in [1.54, 1.807) is 24.3 Å². The number of nitrogens with two attached hydrogens (primary N) is 1. The van der Waals surface area contributed by atoms with Crippen molar-refractivity contribution in [1.29, 1.82) is 5.26 Å². The minimum absolute atomic E-state index is 0.0269. The molecular formula is C18H20N4O2. The molecule has 124 valence electrons. The number of nitrogen functional groups attached to an aromatic ring is 1. The molecule has 0 atom stereocenters. The van der Waals surface area contributed by atoms with Crippen molar-refractivity contribution in [3.8, 4) is 6.07 Å². The van der Waals surface area contributed by atoms with E-state index >= 15 is 0 Å². The Morgan fingerprint density at radius 2 is 2.21 bits per heavy atom. The van der Waals surface area contributed by atoms with Gasteiger partial charge in [0.05, 0.1) is 17.3 Å². The van der Waals surface area contributed by atoms with Crippen molar-refractivity contribution < 1.29 is 9.32 Å². The lowest BCUT2D eigenvalue weighted by Gasteiger charge is -2.31. The zero-order valence-electron chi connectivity index (χ0n) is 13.7. The van der Waals surface area contributed by atoms with E-state index in [2.05, 4.69) is 11.2 Å². The van der Waals surface area contributed by atoms with Crippen LogP contribution in [0.2, 0.25) is 0 Å². The van der Waals surface area contributed by atoms with Crippen LogP contribution in [-0.2, 0) is 6.42 Å². The standard InChI is InChI=1S/C18H20N4O2/c1-2-15-16(21-24-17(15)20)13-6-8-22(9-7-13)18(23)14-5-3-4-12(10-14)11-19/h3-5,10,13H,2,6-9,20H2,1H3. The molecule has 2 N–H and O–H groups in total. The van der Waals surface area contributed by atoms with Gasteiger partial charge in [0.15, 0.2) is 0 Å². The van der Waals surface area contributed by atoms with Crippen LogP contribution in [0, 0.1) is 11.3 Å². The van der Waals surface area contributed by atoms with Gasteiger partial charge in [-0.25, -0.2) is 0 Å². The molecule has 0 radical (unpaired) electrons. The van der Waals surface area contributed by atoms with Gasteiger partial charge in [-0.3, -0.25) is 4.79 Å². The first-order valence-electron chi connectivity index (χ1n) is 8.17. The molecule has 1 aliphatic rings. The number of amides is 1. The summed E-state index contributed by atoms with van der Waals surface area (Å²) >= 11 is 0. The number of rotatable bonds is 3. The smallest absolute Gasteiger partial charge is 0.253 e. The first-order chi connectivity index (χ1) is 11.6. The fourth-order valence-electron chi connectivity index (χ4n) is 3.27. The highest BCUT2D eigenvalue weighted by molar-refractivity contribution is 5.94. The predicted molar refractivity (Wildman–Crippen MR) is 89.3 cm³/mol. The second kappa shape index (κ2) is 6.75. The first-order valence-corrected chi connectivity index (χ1v) is 8.17. The Hall–Kier alpha value is -2.81. The monoisotopic (exact) mass is 324 g/mol. The lowest BCUT2D eigenvalue weighted by Crippen LogP contribution is -2.38. The van der Waals surface area contributed by atoms with Crippen LogP contribution in [0.3, 0.4) is 0 Å². The molecule has 1 saturated heterocycles. The Balaban J connectivity index is 1.68. The minimum atomic E-state index is -0.0269. The number of nitriles is 1. The predicted octanol–water partition coefficient (Wildman–Crippen LogP) is 2.71. The van der Waals surface area contributed by atoms with Crippen LogP contribution < -0.4 is 5.73 Å². The van der Waals surface area contributed by atoms with Crippen LogP contribution in [0.4, 0.5) is 5.88 Å². The third kappa shape index (κ3) is 2.98. The summed E-state index contributed by atoms with van der Waals surface area (Å²) < 4.78 is 5.13. The Kier molecular flexibility index (Phi) is 4.52. The number of likely N-dealkylation sites (tertiary alicyclic amines) is 1. The maximum Gasteiger partial charge on any atom is 0.253 e. The highest BCUT2D eigenvalue weighted by Crippen LogP contribution is 2.32. The fraction of sp³-hybridized carbons (Fsp3) is 0.389. The third-order valence-electron chi connectivity index (χ3n) is 4.61. The highest BCUT2D eigenvalue weighted by Gasteiger charge is 2.28. The number of benzene rings is 1. The Morgan fingerprint density at radius 3 is 2.88 bits per heavy atom. The van der Waals surface area contributed by atoms with E-state index in [0.29, 0.717) is 30.1 Å². The number of piperidine rings is 1. The maximum atomic E-state index is 12.6. The molecule has 24 heavy (non-hydrogen) atoms. The van der Waals surface area contributed by atoms with Crippen molar-refractivity contribution >= 4 is 11.8 Å². The van der Waals surface area contributed by atoms with Crippen molar-refractivity contribution in [3.05, 3.63) is 46.6 Å². The van der Waals surface area contributed by atoms with Crippen molar-refractivity contribution in [2.45, 2.75) is 32.1 Å². The average Bonchev–Trinajstić information content (AvgIpc) is 3.01. The molecule has 1 amide bonds. The van der Waals surface area contributed by atoms with Crippen molar-refractivity contribution in [1.82, 2.24) is 10.1 Å². The topological polar surface area (TPSA) is 96.1 Å². The molecule has 0 spiro atoms. The van der Waals surface area contributed by atoms with E-state index in [4.69, 9.17) is 15.5 Å². The quantitative estimate of drug-likeness (QED) is 0.936. The molecule has 1 aliphatic heterocycles. The largest absolute Gasteiger partial charge is 0.367 e. The van der Waals surface area contributed by atoms with Crippen LogP contribution in [0.25, 0.3) is 0 Å². The summed E-state index contributed by atoms with van der Waals surface area (Å²) in [5.41, 5.74) is 8.81. The Morgan fingerprint density at radius 1 is 1.46 bits per heavy atom. The van der Waals surface area contributed by atoms with Crippen LogP contribution >= 0.6 is 0 Å². The number of carbonyl (C=O) groups is 1. The number of anilines is 1. The Bertz CT molecular complexity index is 783. The van der Waals surface area contributed by atoms with E-state index in [1.165, 1.54) is 0 Å². The highest BCUT2D eigenvalue weighted by atomic mass is 16.5. The molecule has 6 heteroatoms. The maximum absolute atomic E-state index is 12.6. The molecule has 6 nitrogen and oxygen atoms in total. The molecular weight excluding hydrogens is 304 g/mol. The lowest BCUT2D eigenvalue weighted by atomic mass is 9.90. The van der Waals surface area contributed by atoms with Crippen molar-refractivity contribution in [2.75, 3.05) is 18.8 Å². The molecule has 0 aliphatic carbocycles. The van der Waals surface area contributed by atoms with Crippen molar-refractivity contribution in [3.63, 3.8) is 0 Å². The molecule has 0 unspecified atom stereocenters. The molecule has 2 aromatic rings. The third-order valence-corrected chi connectivity index (χ3v) is 4.61. The summed E-state index contributed by atoms with van der Waals surface area (Å²) in [4.78, 5) is 14.4. The molecule has 1 aromatic heterocycles. The van der Waals surface area contributed by atoms with Crippen LogP contribution in [0.1, 0.15) is 52.9 Å². The van der Waals surface area contributed by atoms with Gasteiger partial charge in [0.2, 0.25) is 5.88 Å². The molecule has 2 heterocycles. The zero-order chi connectivity index (χ0) is 17.1. The normalized spacial score (nSPS) is 15.2. The number of aromatic nitrogens is 1. The van der Waals surface area contributed by atoms with Crippen LogP contribution in [0.15, 0.2) is 28.8 Å². The van der Waals surface area contributed by atoms with Gasteiger partial charge < -0.3 is 15.2 Å². The zero-order valence-corrected chi connectivity index (χ0v) is 13.7. The summed E-state index contributed by atoms with van der Waals surface area (Å²) in [6.07, 6.45) is 2.47. The van der Waals surface area contributed by atoms with Crippen LogP contribution in [0.5, 0.6) is 0 Å². The number of hydrogen-bond donors (Lipinski definition) is 1. The van der Waals surface area contributed by atoms with E-state index in [-0.39, 0.29) is 11.8 Å². The number of carbonyl (C=O) groups excluding carboxylic acids is 1. The number of hydrogen-bond acceptors (Lipinski definition) is 5. The van der Waals surface area contributed by atoms with Gasteiger partial charge in [0.25, 0.3) is 5.91 Å². The molecule has 0 bridgehead atoms. The van der Waals surface area contributed by atoms with Gasteiger partial charge >= 0.3 is 0 Å². The lowest BCUT2D eigenvalue weighted by molar-refractivity contribution is 0.0711.